The summed E-state index contributed by atoms with van der Waals surface area (Å²) in [4.78, 5) is 2.41. The van der Waals surface area contributed by atoms with Crippen LogP contribution in [0.3, 0.4) is 0 Å². The minimum Gasteiger partial charge on any atom is -0.310 e. The standard InChI is InChI=1S/C62H42N2/c1-2-21-51(22-3-1)64-60-29-11-9-25-58(60)62-57(27-14-30-61(62)64)50-20-12-19-49(41-50)56-24-8-10-28-59(56)63(53-40-37-43-15-4-5-17-48(43)42-53)52-38-35-45(36-39-52)44-31-33-47(34-32-44)55-26-13-18-46-16-6-7-23-54(46)55/h1-42H. The average Bonchev–Trinajstić information content (AvgIpc) is 3.72. The zero-order valence-electron chi connectivity index (χ0n) is 35.1. The quantitative estimate of drug-likeness (QED) is 0.148. The van der Waals surface area contributed by atoms with Crippen LogP contribution in [0.2, 0.25) is 0 Å². The molecule has 0 spiro atoms. The van der Waals surface area contributed by atoms with Crippen molar-refractivity contribution in [2.75, 3.05) is 4.90 Å². The lowest BCUT2D eigenvalue weighted by atomic mass is 9.94. The van der Waals surface area contributed by atoms with E-state index in [-0.39, 0.29) is 0 Å². The van der Waals surface area contributed by atoms with Crippen molar-refractivity contribution in [3.05, 3.63) is 255 Å². The van der Waals surface area contributed by atoms with E-state index in [2.05, 4.69) is 264 Å². The molecule has 0 bridgehead atoms. The minimum atomic E-state index is 1.09. The fourth-order valence-corrected chi connectivity index (χ4v) is 9.75. The maximum Gasteiger partial charge on any atom is 0.0547 e. The van der Waals surface area contributed by atoms with Gasteiger partial charge in [0, 0.05) is 33.4 Å². The average molecular weight is 815 g/mol. The fourth-order valence-electron chi connectivity index (χ4n) is 9.75. The van der Waals surface area contributed by atoms with Gasteiger partial charge in [0.25, 0.3) is 0 Å². The van der Waals surface area contributed by atoms with Crippen LogP contribution < -0.4 is 4.90 Å². The number of hydrogen-bond donors (Lipinski definition) is 0. The van der Waals surface area contributed by atoms with E-state index in [1.54, 1.807) is 0 Å². The molecule has 0 saturated heterocycles. The van der Waals surface area contributed by atoms with Crippen LogP contribution in [0.1, 0.15) is 0 Å². The van der Waals surface area contributed by atoms with Gasteiger partial charge >= 0.3 is 0 Å². The first kappa shape index (κ1) is 37.3. The highest BCUT2D eigenvalue weighted by atomic mass is 15.1. The van der Waals surface area contributed by atoms with E-state index in [1.807, 2.05) is 0 Å². The summed E-state index contributed by atoms with van der Waals surface area (Å²) in [6.07, 6.45) is 0. The Morgan fingerprint density at radius 2 is 0.828 bits per heavy atom. The third-order valence-electron chi connectivity index (χ3n) is 12.8. The number of para-hydroxylation sites is 3. The van der Waals surface area contributed by atoms with Gasteiger partial charge in [0.2, 0.25) is 0 Å². The molecule has 2 heteroatoms. The molecule has 0 amide bonds. The van der Waals surface area contributed by atoms with Crippen molar-refractivity contribution < 1.29 is 0 Å². The molecule has 64 heavy (non-hydrogen) atoms. The Kier molecular flexibility index (Phi) is 9.20. The Bertz CT molecular complexity index is 3650. The SMILES string of the molecule is c1ccc(-n2c3ccccc3c3c(-c4cccc(-c5ccccc5N(c5ccc(-c6ccc(-c7cccc8ccccc78)cc6)cc5)c5ccc6ccccc6c5)c4)cccc32)cc1. The number of benzene rings is 11. The van der Waals surface area contributed by atoms with Gasteiger partial charge in [-0.3, -0.25) is 0 Å². The zero-order chi connectivity index (χ0) is 42.4. The lowest BCUT2D eigenvalue weighted by Crippen LogP contribution is -2.11. The molecule has 300 valence electrons. The minimum absolute atomic E-state index is 1.09. The van der Waals surface area contributed by atoms with Crippen molar-refractivity contribution in [3.8, 4) is 50.2 Å². The summed E-state index contributed by atoms with van der Waals surface area (Å²) in [7, 11) is 0. The second kappa shape index (κ2) is 15.8. The highest BCUT2D eigenvalue weighted by Gasteiger charge is 2.20. The fraction of sp³-hybridized carbons (Fsp3) is 0. The van der Waals surface area contributed by atoms with Crippen molar-refractivity contribution in [1.82, 2.24) is 4.57 Å². The maximum absolute atomic E-state index is 2.41. The first-order valence-electron chi connectivity index (χ1n) is 22.0. The van der Waals surface area contributed by atoms with Crippen molar-refractivity contribution in [2.45, 2.75) is 0 Å². The van der Waals surface area contributed by atoms with Gasteiger partial charge in [-0.15, -0.1) is 0 Å². The van der Waals surface area contributed by atoms with Gasteiger partial charge in [0.05, 0.1) is 16.7 Å². The van der Waals surface area contributed by atoms with Crippen LogP contribution >= 0.6 is 0 Å². The molecule has 0 aliphatic rings. The van der Waals surface area contributed by atoms with E-state index < -0.39 is 0 Å². The molecule has 12 aromatic rings. The Hall–Kier alpha value is -8.46. The highest BCUT2D eigenvalue weighted by molar-refractivity contribution is 6.16. The molecule has 0 radical (unpaired) electrons. The summed E-state index contributed by atoms with van der Waals surface area (Å²) in [6.45, 7) is 0. The molecule has 0 saturated carbocycles. The smallest absolute Gasteiger partial charge is 0.0547 e. The number of rotatable bonds is 8. The summed E-state index contributed by atoms with van der Waals surface area (Å²) in [5.74, 6) is 0. The highest BCUT2D eigenvalue weighted by Crippen LogP contribution is 2.44. The molecule has 1 aromatic heterocycles. The molecule has 12 rings (SSSR count). The first-order chi connectivity index (χ1) is 31.7. The van der Waals surface area contributed by atoms with Gasteiger partial charge in [0.1, 0.15) is 0 Å². The van der Waals surface area contributed by atoms with Crippen LogP contribution in [-0.2, 0) is 0 Å². The van der Waals surface area contributed by atoms with Crippen molar-refractivity contribution in [1.29, 1.82) is 0 Å². The lowest BCUT2D eigenvalue weighted by molar-refractivity contribution is 1.18. The second-order valence-corrected chi connectivity index (χ2v) is 16.5. The van der Waals surface area contributed by atoms with Gasteiger partial charge < -0.3 is 9.47 Å². The largest absolute Gasteiger partial charge is 0.310 e. The molecule has 1 heterocycles. The van der Waals surface area contributed by atoms with E-state index >= 15 is 0 Å². The van der Waals surface area contributed by atoms with Crippen molar-refractivity contribution in [3.63, 3.8) is 0 Å². The van der Waals surface area contributed by atoms with Crippen LogP contribution in [0.5, 0.6) is 0 Å². The molecule has 0 atom stereocenters. The van der Waals surface area contributed by atoms with Crippen LogP contribution in [0.15, 0.2) is 255 Å². The maximum atomic E-state index is 2.41. The van der Waals surface area contributed by atoms with E-state index in [0.29, 0.717) is 0 Å². The van der Waals surface area contributed by atoms with Gasteiger partial charge in [-0.05, 0) is 121 Å². The summed E-state index contributed by atoms with van der Waals surface area (Å²) in [5, 5.41) is 7.45. The number of fused-ring (bicyclic) bond motifs is 5. The third-order valence-corrected chi connectivity index (χ3v) is 12.8. The zero-order valence-corrected chi connectivity index (χ0v) is 35.1. The number of anilines is 3. The van der Waals surface area contributed by atoms with Crippen molar-refractivity contribution >= 4 is 60.4 Å². The van der Waals surface area contributed by atoms with E-state index in [4.69, 9.17) is 0 Å². The molecule has 11 aromatic carbocycles. The molecule has 0 aliphatic carbocycles. The number of hydrogen-bond acceptors (Lipinski definition) is 1. The summed E-state index contributed by atoms with van der Waals surface area (Å²) in [5.41, 5.74) is 16.4. The van der Waals surface area contributed by atoms with E-state index in [0.717, 1.165) is 33.9 Å². The third kappa shape index (κ3) is 6.52. The van der Waals surface area contributed by atoms with Gasteiger partial charge in [-0.1, -0.05) is 194 Å². The molecule has 2 nitrogen and oxygen atoms in total. The van der Waals surface area contributed by atoms with E-state index in [9.17, 15) is 0 Å². The molecule has 0 aliphatic heterocycles. The van der Waals surface area contributed by atoms with Crippen LogP contribution in [0.4, 0.5) is 17.1 Å². The lowest BCUT2D eigenvalue weighted by Gasteiger charge is -2.28. The van der Waals surface area contributed by atoms with Crippen LogP contribution in [-0.4, -0.2) is 4.57 Å². The van der Waals surface area contributed by atoms with Gasteiger partial charge in [0.15, 0.2) is 0 Å². The Labute approximate surface area is 373 Å². The Morgan fingerprint density at radius 3 is 1.66 bits per heavy atom. The number of aromatic nitrogens is 1. The Morgan fingerprint density at radius 1 is 0.281 bits per heavy atom. The summed E-state index contributed by atoms with van der Waals surface area (Å²) >= 11 is 0. The number of nitrogens with zero attached hydrogens (tertiary/aromatic N) is 2. The topological polar surface area (TPSA) is 8.17 Å². The molecule has 0 fully saturated rings. The van der Waals surface area contributed by atoms with Gasteiger partial charge in [-0.2, -0.15) is 0 Å². The summed E-state index contributed by atoms with van der Waals surface area (Å²) < 4.78 is 2.39. The van der Waals surface area contributed by atoms with Crippen molar-refractivity contribution in [2.24, 2.45) is 0 Å². The van der Waals surface area contributed by atoms with Crippen LogP contribution in [0.25, 0.3) is 93.5 Å². The first-order valence-corrected chi connectivity index (χ1v) is 22.0. The predicted molar refractivity (Wildman–Crippen MR) is 272 cm³/mol. The molecular weight excluding hydrogens is 773 g/mol. The molecule has 0 N–H and O–H groups in total. The molecule has 0 unspecified atom stereocenters. The van der Waals surface area contributed by atoms with E-state index in [1.165, 1.54) is 76.7 Å². The summed E-state index contributed by atoms with van der Waals surface area (Å²) in [6, 6.07) is 92.7. The normalized spacial score (nSPS) is 11.4. The van der Waals surface area contributed by atoms with Gasteiger partial charge in [-0.25, -0.2) is 0 Å². The Balaban J connectivity index is 0.956. The monoisotopic (exact) mass is 814 g/mol. The predicted octanol–water partition coefficient (Wildman–Crippen LogP) is 17.2. The molecular formula is C62H42N2. The van der Waals surface area contributed by atoms with Crippen LogP contribution in [0, 0.1) is 0 Å². The second-order valence-electron chi connectivity index (χ2n) is 16.5.